The van der Waals surface area contributed by atoms with Gasteiger partial charge >= 0.3 is 0 Å². The fourth-order valence-corrected chi connectivity index (χ4v) is 2.43. The van der Waals surface area contributed by atoms with Gasteiger partial charge in [-0.05, 0) is 30.0 Å². The highest BCUT2D eigenvalue weighted by molar-refractivity contribution is 5.52. The van der Waals surface area contributed by atoms with Gasteiger partial charge in [0.15, 0.2) is 0 Å². The lowest BCUT2D eigenvalue weighted by molar-refractivity contribution is 0.273. The van der Waals surface area contributed by atoms with Crippen molar-refractivity contribution in [2.24, 2.45) is 0 Å². The maximum absolute atomic E-state index is 9.61. The molecule has 0 radical (unpaired) electrons. The summed E-state index contributed by atoms with van der Waals surface area (Å²) in [6, 6.07) is 18.7. The summed E-state index contributed by atoms with van der Waals surface area (Å²) < 4.78 is 0. The second-order valence-electron chi connectivity index (χ2n) is 5.12. The summed E-state index contributed by atoms with van der Waals surface area (Å²) in [5, 5.41) is 13.1. The Bertz CT molecular complexity index is 510. The molecule has 0 aliphatic rings. The van der Waals surface area contributed by atoms with E-state index in [1.165, 1.54) is 11.1 Å². The second-order valence-corrected chi connectivity index (χ2v) is 5.12. The Morgan fingerprint density at radius 3 is 2.40 bits per heavy atom. The Hall–Kier alpha value is -1.80. The predicted octanol–water partition coefficient (Wildman–Crippen LogP) is 3.65. The molecule has 0 aliphatic heterocycles. The summed E-state index contributed by atoms with van der Waals surface area (Å²) in [6.07, 6.45) is 3.02. The third kappa shape index (κ3) is 4.10. The van der Waals surface area contributed by atoms with Crippen LogP contribution in [-0.2, 0) is 12.8 Å². The number of rotatable bonds is 7. The summed E-state index contributed by atoms with van der Waals surface area (Å²) >= 11 is 0. The molecule has 0 amide bonds. The van der Waals surface area contributed by atoms with Crippen molar-refractivity contribution in [1.29, 1.82) is 0 Å². The first-order valence-electron chi connectivity index (χ1n) is 7.32. The summed E-state index contributed by atoms with van der Waals surface area (Å²) in [6.45, 7) is 2.32. The van der Waals surface area contributed by atoms with Gasteiger partial charge in [-0.3, -0.25) is 0 Å². The van der Waals surface area contributed by atoms with Crippen LogP contribution in [0.25, 0.3) is 0 Å². The summed E-state index contributed by atoms with van der Waals surface area (Å²) in [4.78, 5) is 0. The number of para-hydroxylation sites is 1. The number of benzene rings is 2. The van der Waals surface area contributed by atoms with Crippen LogP contribution in [-0.4, -0.2) is 17.8 Å². The molecule has 2 rings (SSSR count). The Morgan fingerprint density at radius 2 is 1.70 bits per heavy atom. The monoisotopic (exact) mass is 269 g/mol. The predicted molar refractivity (Wildman–Crippen MR) is 85.1 cm³/mol. The minimum Gasteiger partial charge on any atom is -0.394 e. The zero-order chi connectivity index (χ0) is 14.2. The van der Waals surface area contributed by atoms with Gasteiger partial charge in [0.2, 0.25) is 0 Å². The van der Waals surface area contributed by atoms with Crippen molar-refractivity contribution in [3.8, 4) is 0 Å². The van der Waals surface area contributed by atoms with Gasteiger partial charge in [-0.1, -0.05) is 61.9 Å². The molecule has 0 aliphatic carbocycles. The topological polar surface area (TPSA) is 32.3 Å². The Kier molecular flexibility index (Phi) is 5.63. The van der Waals surface area contributed by atoms with E-state index in [1.807, 2.05) is 24.3 Å². The van der Waals surface area contributed by atoms with Gasteiger partial charge in [0.05, 0.1) is 12.6 Å². The third-order valence-corrected chi connectivity index (χ3v) is 3.44. The minimum atomic E-state index is 0.0513. The van der Waals surface area contributed by atoms with Crippen molar-refractivity contribution in [2.75, 3.05) is 11.9 Å². The highest BCUT2D eigenvalue weighted by Gasteiger charge is 2.10. The van der Waals surface area contributed by atoms with Gasteiger partial charge in [-0.2, -0.15) is 0 Å². The molecule has 0 spiro atoms. The fourth-order valence-electron chi connectivity index (χ4n) is 2.43. The van der Waals surface area contributed by atoms with E-state index in [-0.39, 0.29) is 12.6 Å². The van der Waals surface area contributed by atoms with Crippen molar-refractivity contribution >= 4 is 5.69 Å². The number of anilines is 1. The quantitative estimate of drug-likeness (QED) is 0.804. The standard InChI is InChI=1S/C18H23NO/c1-2-8-16-11-6-7-12-18(16)19-17(14-20)13-15-9-4-3-5-10-15/h3-7,9-12,17,19-20H,2,8,13-14H2,1H3/t17-/m1/s1. The average molecular weight is 269 g/mol. The zero-order valence-electron chi connectivity index (χ0n) is 12.0. The molecule has 2 heteroatoms. The molecule has 0 unspecified atom stereocenters. The second kappa shape index (κ2) is 7.71. The number of aliphatic hydroxyl groups is 1. The molecule has 0 saturated heterocycles. The van der Waals surface area contributed by atoms with Crippen LogP contribution in [0.1, 0.15) is 24.5 Å². The third-order valence-electron chi connectivity index (χ3n) is 3.44. The first-order chi connectivity index (χ1) is 9.83. The van der Waals surface area contributed by atoms with Crippen LogP contribution in [0.15, 0.2) is 54.6 Å². The molecule has 0 heterocycles. The fraction of sp³-hybridized carbons (Fsp3) is 0.333. The number of aryl methyl sites for hydroxylation is 1. The molecule has 2 aromatic rings. The van der Waals surface area contributed by atoms with Crippen LogP contribution in [0.2, 0.25) is 0 Å². The van der Waals surface area contributed by atoms with Gasteiger partial charge in [0.25, 0.3) is 0 Å². The lowest BCUT2D eigenvalue weighted by Crippen LogP contribution is -2.26. The molecule has 2 nitrogen and oxygen atoms in total. The van der Waals surface area contributed by atoms with Gasteiger partial charge in [-0.15, -0.1) is 0 Å². The Morgan fingerprint density at radius 1 is 1.00 bits per heavy atom. The van der Waals surface area contributed by atoms with E-state index < -0.39 is 0 Å². The van der Waals surface area contributed by atoms with E-state index in [9.17, 15) is 5.11 Å². The summed E-state index contributed by atoms with van der Waals surface area (Å²) in [5.41, 5.74) is 3.71. The molecule has 0 fully saturated rings. The van der Waals surface area contributed by atoms with Crippen molar-refractivity contribution in [2.45, 2.75) is 32.2 Å². The van der Waals surface area contributed by atoms with Gasteiger partial charge in [-0.25, -0.2) is 0 Å². The van der Waals surface area contributed by atoms with Crippen molar-refractivity contribution < 1.29 is 5.11 Å². The van der Waals surface area contributed by atoms with Gasteiger partial charge < -0.3 is 10.4 Å². The lowest BCUT2D eigenvalue weighted by Gasteiger charge is -2.20. The molecule has 1 atom stereocenters. The van der Waals surface area contributed by atoms with E-state index in [0.717, 1.165) is 24.9 Å². The van der Waals surface area contributed by atoms with Gasteiger partial charge in [0.1, 0.15) is 0 Å². The first kappa shape index (κ1) is 14.6. The molecule has 0 bridgehead atoms. The van der Waals surface area contributed by atoms with Crippen LogP contribution < -0.4 is 5.32 Å². The van der Waals surface area contributed by atoms with Crippen LogP contribution in [0.3, 0.4) is 0 Å². The molecular weight excluding hydrogens is 246 g/mol. The van der Waals surface area contributed by atoms with E-state index in [2.05, 4.69) is 42.6 Å². The molecule has 20 heavy (non-hydrogen) atoms. The number of nitrogens with one attached hydrogen (secondary N) is 1. The molecule has 2 N–H and O–H groups in total. The van der Waals surface area contributed by atoms with E-state index in [1.54, 1.807) is 0 Å². The largest absolute Gasteiger partial charge is 0.394 e. The van der Waals surface area contributed by atoms with Gasteiger partial charge in [0, 0.05) is 5.69 Å². The van der Waals surface area contributed by atoms with E-state index in [0.29, 0.717) is 0 Å². The smallest absolute Gasteiger partial charge is 0.0636 e. The summed E-state index contributed by atoms with van der Waals surface area (Å²) in [7, 11) is 0. The van der Waals surface area contributed by atoms with E-state index >= 15 is 0 Å². The Balaban J connectivity index is 2.06. The number of hydrogen-bond donors (Lipinski definition) is 2. The molecule has 0 aromatic heterocycles. The highest BCUT2D eigenvalue weighted by Crippen LogP contribution is 2.18. The summed E-state index contributed by atoms with van der Waals surface area (Å²) in [5.74, 6) is 0. The molecular formula is C18H23NO. The Labute approximate surface area is 121 Å². The van der Waals surface area contributed by atoms with E-state index in [4.69, 9.17) is 0 Å². The lowest BCUT2D eigenvalue weighted by atomic mass is 10.0. The van der Waals surface area contributed by atoms with Crippen LogP contribution in [0, 0.1) is 0 Å². The molecule has 0 saturated carbocycles. The molecule has 106 valence electrons. The number of aliphatic hydroxyl groups excluding tert-OH is 1. The maximum atomic E-state index is 9.61. The van der Waals surface area contributed by atoms with Crippen molar-refractivity contribution in [1.82, 2.24) is 0 Å². The van der Waals surface area contributed by atoms with Crippen molar-refractivity contribution in [3.63, 3.8) is 0 Å². The zero-order valence-corrected chi connectivity index (χ0v) is 12.0. The van der Waals surface area contributed by atoms with Crippen LogP contribution in [0.5, 0.6) is 0 Å². The average Bonchev–Trinajstić information content (AvgIpc) is 2.50. The SMILES string of the molecule is CCCc1ccccc1N[C@@H](CO)Cc1ccccc1. The minimum absolute atomic E-state index is 0.0513. The van der Waals surface area contributed by atoms with Crippen molar-refractivity contribution in [3.05, 3.63) is 65.7 Å². The molecule has 2 aromatic carbocycles. The number of hydrogen-bond acceptors (Lipinski definition) is 2. The first-order valence-corrected chi connectivity index (χ1v) is 7.32. The normalized spacial score (nSPS) is 12.1. The van der Waals surface area contributed by atoms with Crippen LogP contribution >= 0.6 is 0 Å². The van der Waals surface area contributed by atoms with Crippen LogP contribution in [0.4, 0.5) is 5.69 Å². The maximum Gasteiger partial charge on any atom is 0.0636 e. The highest BCUT2D eigenvalue weighted by atomic mass is 16.3.